The Hall–Kier alpha value is -4.34. The molecule has 0 atom stereocenters. The fourth-order valence-corrected chi connectivity index (χ4v) is 2.90. The second kappa shape index (κ2) is 8.57. The van der Waals surface area contributed by atoms with Crippen LogP contribution < -0.4 is 9.74 Å². The van der Waals surface area contributed by atoms with Gasteiger partial charge in [0.15, 0.2) is 0 Å². The van der Waals surface area contributed by atoms with Crippen LogP contribution in [0.15, 0.2) is 70.9 Å². The molecule has 0 saturated carbocycles. The number of anilines is 1. The van der Waals surface area contributed by atoms with Gasteiger partial charge in [-0.05, 0) is 36.4 Å². The van der Waals surface area contributed by atoms with Crippen LogP contribution in [0.25, 0.3) is 11.0 Å². The van der Waals surface area contributed by atoms with Gasteiger partial charge in [0.25, 0.3) is 0 Å². The summed E-state index contributed by atoms with van der Waals surface area (Å²) in [6, 6.07) is 17.4. The molecule has 0 bridgehead atoms. The van der Waals surface area contributed by atoms with E-state index >= 15 is 0 Å². The number of benzene rings is 2. The molecule has 0 aliphatic heterocycles. The van der Waals surface area contributed by atoms with Gasteiger partial charge in [-0.15, -0.1) is 15.0 Å². The van der Waals surface area contributed by atoms with Crippen LogP contribution in [0, 0.1) is 0 Å². The topological polar surface area (TPSA) is 128 Å². The average Bonchev–Trinajstić information content (AvgIpc) is 3.34. The number of fused-ring (bicyclic) bond motifs is 1. The Labute approximate surface area is 177 Å². The van der Waals surface area contributed by atoms with Crippen molar-refractivity contribution in [1.82, 2.24) is 14.7 Å². The third-order valence-corrected chi connectivity index (χ3v) is 4.57. The number of nitrogens with zero attached hydrogens (tertiary/aromatic N) is 5. The molecule has 0 aliphatic carbocycles. The highest BCUT2D eigenvalue weighted by atomic mass is 16.7. The van der Waals surface area contributed by atoms with Gasteiger partial charge in [0.1, 0.15) is 0 Å². The van der Waals surface area contributed by atoms with Crippen molar-refractivity contribution in [1.29, 1.82) is 0 Å². The van der Waals surface area contributed by atoms with E-state index in [-0.39, 0.29) is 18.2 Å². The van der Waals surface area contributed by atoms with E-state index in [4.69, 9.17) is 4.84 Å². The number of aromatic amines is 1. The van der Waals surface area contributed by atoms with Gasteiger partial charge in [-0.25, -0.2) is 9.78 Å². The van der Waals surface area contributed by atoms with Gasteiger partial charge in [0.2, 0.25) is 17.7 Å². The summed E-state index contributed by atoms with van der Waals surface area (Å²) in [5.74, 6) is -0.871. The van der Waals surface area contributed by atoms with E-state index in [1.165, 1.54) is 12.1 Å². The van der Waals surface area contributed by atoms with E-state index in [1.54, 1.807) is 0 Å². The fourth-order valence-electron chi connectivity index (χ4n) is 2.90. The maximum atomic E-state index is 12.0. The predicted octanol–water partition coefficient (Wildman–Crippen LogP) is 3.67. The Morgan fingerprint density at radius 1 is 1.06 bits per heavy atom. The van der Waals surface area contributed by atoms with Gasteiger partial charge >= 0.3 is 5.97 Å². The van der Waals surface area contributed by atoms with Crippen LogP contribution >= 0.6 is 0 Å². The van der Waals surface area contributed by atoms with Crippen molar-refractivity contribution >= 4 is 34.3 Å². The maximum absolute atomic E-state index is 12.0. The first-order valence-electron chi connectivity index (χ1n) is 9.48. The minimum absolute atomic E-state index is 0.0566. The molecule has 4 rings (SSSR count). The lowest BCUT2D eigenvalue weighted by Crippen LogP contribution is -2.26. The number of hydrogen-bond donors (Lipinski definition) is 3. The van der Waals surface area contributed by atoms with Crippen molar-refractivity contribution in [3.05, 3.63) is 60.7 Å². The lowest BCUT2D eigenvalue weighted by atomic mass is 10.2. The summed E-state index contributed by atoms with van der Waals surface area (Å²) in [6.45, 7) is 0.376. The molecule has 0 radical (unpaired) electrons. The Bertz CT molecular complexity index is 1180. The smallest absolute Gasteiger partial charge is 0.335 e. The highest BCUT2D eigenvalue weighted by Crippen LogP contribution is 2.23. The number of para-hydroxylation sites is 2. The number of imidazole rings is 1. The molecule has 10 heteroatoms. The monoisotopic (exact) mass is 420 g/mol. The van der Waals surface area contributed by atoms with Crippen molar-refractivity contribution in [3.8, 4) is 11.8 Å². The van der Waals surface area contributed by atoms with Gasteiger partial charge in [0, 0.05) is 31.4 Å². The SMILES string of the molecule is CN(CCC(=O)On1c(O)ccc1O)c1ccc(N=Nc2nc3ccccc3[nH]2)cc1. The van der Waals surface area contributed by atoms with Crippen molar-refractivity contribution in [3.63, 3.8) is 0 Å². The number of rotatable bonds is 7. The van der Waals surface area contributed by atoms with Crippen molar-refractivity contribution in [2.45, 2.75) is 6.42 Å². The molecule has 31 heavy (non-hydrogen) atoms. The number of nitrogens with one attached hydrogen (secondary N) is 1. The molecule has 4 aromatic rings. The largest absolute Gasteiger partial charge is 0.492 e. The zero-order valence-corrected chi connectivity index (χ0v) is 16.6. The first kappa shape index (κ1) is 20.0. The summed E-state index contributed by atoms with van der Waals surface area (Å²) in [7, 11) is 1.84. The summed E-state index contributed by atoms with van der Waals surface area (Å²) in [6.07, 6.45) is 0.0566. The van der Waals surface area contributed by atoms with E-state index in [9.17, 15) is 15.0 Å². The van der Waals surface area contributed by atoms with E-state index in [2.05, 4.69) is 20.2 Å². The summed E-state index contributed by atoms with van der Waals surface area (Å²) in [5.41, 5.74) is 3.26. The Balaban J connectivity index is 1.32. The van der Waals surface area contributed by atoms with Crippen LogP contribution in [0.3, 0.4) is 0 Å². The number of hydrogen-bond acceptors (Lipinski definition) is 8. The van der Waals surface area contributed by atoms with Gasteiger partial charge in [-0.3, -0.25) is 0 Å². The lowest BCUT2D eigenvalue weighted by Gasteiger charge is -2.18. The summed E-state index contributed by atoms with van der Waals surface area (Å²) >= 11 is 0. The van der Waals surface area contributed by atoms with Gasteiger partial charge in [-0.2, -0.15) is 0 Å². The molecule has 0 spiro atoms. The Morgan fingerprint density at radius 3 is 2.48 bits per heavy atom. The van der Waals surface area contributed by atoms with Gasteiger partial charge in [-0.1, -0.05) is 12.1 Å². The highest BCUT2D eigenvalue weighted by molar-refractivity contribution is 5.76. The van der Waals surface area contributed by atoms with E-state index in [1.807, 2.05) is 60.5 Å². The number of azo groups is 1. The molecule has 2 aromatic carbocycles. The molecule has 2 heterocycles. The van der Waals surface area contributed by atoms with E-state index < -0.39 is 5.97 Å². The molecule has 2 aromatic heterocycles. The predicted molar refractivity (Wildman–Crippen MR) is 114 cm³/mol. The van der Waals surface area contributed by atoms with Crippen LogP contribution in [0.2, 0.25) is 0 Å². The molecule has 3 N–H and O–H groups in total. The zero-order valence-electron chi connectivity index (χ0n) is 16.6. The second-order valence-electron chi connectivity index (χ2n) is 6.77. The first-order valence-corrected chi connectivity index (χ1v) is 9.48. The van der Waals surface area contributed by atoms with Gasteiger partial charge < -0.3 is 24.9 Å². The minimum Gasteiger partial charge on any atom is -0.492 e. The molecule has 0 fully saturated rings. The van der Waals surface area contributed by atoms with E-state index in [0.29, 0.717) is 22.9 Å². The quantitative estimate of drug-likeness (QED) is 0.391. The average molecular weight is 420 g/mol. The summed E-state index contributed by atoms with van der Waals surface area (Å²) < 4.78 is 0.671. The molecular formula is C21H20N6O4. The number of carbonyl (C=O) groups is 1. The van der Waals surface area contributed by atoms with Crippen LogP contribution in [0.1, 0.15) is 6.42 Å². The Kier molecular flexibility index (Phi) is 5.52. The molecule has 10 nitrogen and oxygen atoms in total. The van der Waals surface area contributed by atoms with Crippen molar-refractivity contribution in [2.75, 3.05) is 18.5 Å². The van der Waals surface area contributed by atoms with E-state index in [0.717, 1.165) is 16.7 Å². The second-order valence-corrected chi connectivity index (χ2v) is 6.77. The third-order valence-electron chi connectivity index (χ3n) is 4.57. The molecule has 0 aliphatic rings. The number of aromatic nitrogens is 3. The Morgan fingerprint density at radius 2 is 1.77 bits per heavy atom. The van der Waals surface area contributed by atoms with Crippen LogP contribution in [-0.4, -0.2) is 44.5 Å². The van der Waals surface area contributed by atoms with Gasteiger partial charge in [0.05, 0.1) is 23.1 Å². The number of carbonyl (C=O) groups excluding carboxylic acids is 1. The number of aromatic hydroxyl groups is 2. The molecule has 158 valence electrons. The number of H-pyrrole nitrogens is 1. The third kappa shape index (κ3) is 4.64. The zero-order chi connectivity index (χ0) is 21.8. The molecule has 0 unspecified atom stereocenters. The molecular weight excluding hydrogens is 400 g/mol. The summed E-state index contributed by atoms with van der Waals surface area (Å²) in [5, 5.41) is 27.3. The van der Waals surface area contributed by atoms with Crippen LogP contribution in [0.5, 0.6) is 11.8 Å². The minimum atomic E-state index is -0.593. The lowest BCUT2D eigenvalue weighted by molar-refractivity contribution is -0.145. The standard InChI is InChI=1S/C21H20N6O4/c1-26(13-12-20(30)31-27-18(28)10-11-19(27)29)15-8-6-14(7-9-15)24-25-21-22-16-4-2-3-5-17(16)23-21/h2-11,28-29H,12-13H2,1H3,(H,22,23). The van der Waals surface area contributed by atoms with Crippen LogP contribution in [-0.2, 0) is 4.79 Å². The molecule has 0 amide bonds. The maximum Gasteiger partial charge on any atom is 0.335 e. The first-order chi connectivity index (χ1) is 15.0. The van der Waals surface area contributed by atoms with Crippen molar-refractivity contribution < 1.29 is 19.8 Å². The molecule has 0 saturated heterocycles. The van der Waals surface area contributed by atoms with Crippen LogP contribution in [0.4, 0.5) is 17.3 Å². The summed E-state index contributed by atoms with van der Waals surface area (Å²) in [4.78, 5) is 26.2. The van der Waals surface area contributed by atoms with Crippen molar-refractivity contribution in [2.24, 2.45) is 10.2 Å². The normalized spacial score (nSPS) is 11.3. The highest BCUT2D eigenvalue weighted by Gasteiger charge is 2.13. The fraction of sp³-hybridized carbons (Fsp3) is 0.143.